The Morgan fingerprint density at radius 2 is 2.19 bits per heavy atom. The molecule has 1 unspecified atom stereocenters. The lowest BCUT2D eigenvalue weighted by atomic mass is 10.1. The molecule has 0 saturated carbocycles. The van der Waals surface area contributed by atoms with Gasteiger partial charge in [0.2, 0.25) is 0 Å². The van der Waals surface area contributed by atoms with Crippen LogP contribution in [0.15, 0.2) is 23.0 Å². The van der Waals surface area contributed by atoms with E-state index >= 15 is 0 Å². The number of hydrogen-bond acceptors (Lipinski definition) is 3. The summed E-state index contributed by atoms with van der Waals surface area (Å²) in [4.78, 5) is 0. The van der Waals surface area contributed by atoms with Crippen molar-refractivity contribution in [2.24, 2.45) is 0 Å². The molecule has 0 aliphatic rings. The first-order chi connectivity index (χ1) is 7.88. The Morgan fingerprint density at radius 3 is 2.81 bits per heavy atom. The highest BCUT2D eigenvalue weighted by molar-refractivity contribution is 5.11. The van der Waals surface area contributed by atoms with Crippen LogP contribution < -0.4 is 5.32 Å². The molecular weight excluding hydrogens is 202 g/mol. The van der Waals surface area contributed by atoms with Gasteiger partial charge in [0.15, 0.2) is 0 Å². The van der Waals surface area contributed by atoms with Crippen LogP contribution >= 0.6 is 0 Å². The molecule has 0 spiro atoms. The summed E-state index contributed by atoms with van der Waals surface area (Å²) in [6.45, 7) is 6.99. The maximum Gasteiger partial charge on any atom is 0.0950 e. The molecule has 92 valence electrons. The molecule has 0 amide bonds. The summed E-state index contributed by atoms with van der Waals surface area (Å²) in [5.74, 6) is 0. The highest BCUT2D eigenvalue weighted by Gasteiger charge is 2.11. The molecule has 0 aromatic carbocycles. The Morgan fingerprint density at radius 1 is 1.31 bits per heavy atom. The van der Waals surface area contributed by atoms with Crippen molar-refractivity contribution in [3.8, 4) is 0 Å². The second kappa shape index (κ2) is 8.36. The first kappa shape index (κ1) is 13.3. The number of ether oxygens (including phenoxy) is 1. The molecule has 0 saturated heterocycles. The van der Waals surface area contributed by atoms with E-state index in [2.05, 4.69) is 19.2 Å². The van der Waals surface area contributed by atoms with E-state index in [9.17, 15) is 0 Å². The summed E-state index contributed by atoms with van der Waals surface area (Å²) < 4.78 is 10.6. The van der Waals surface area contributed by atoms with E-state index in [1.54, 1.807) is 6.26 Å². The molecule has 16 heavy (non-hydrogen) atoms. The van der Waals surface area contributed by atoms with Crippen LogP contribution in [0.4, 0.5) is 0 Å². The van der Waals surface area contributed by atoms with Crippen molar-refractivity contribution in [3.63, 3.8) is 0 Å². The molecule has 1 N–H and O–H groups in total. The summed E-state index contributed by atoms with van der Waals surface area (Å²) in [6, 6.07) is 2.38. The molecule has 0 aliphatic heterocycles. The molecule has 0 fully saturated rings. The van der Waals surface area contributed by atoms with Gasteiger partial charge < -0.3 is 14.5 Å². The van der Waals surface area contributed by atoms with Gasteiger partial charge in [0.05, 0.1) is 12.5 Å². The first-order valence-electron chi connectivity index (χ1n) is 6.21. The van der Waals surface area contributed by atoms with Crippen LogP contribution in [-0.2, 0) is 4.74 Å². The molecular formula is C13H23NO2. The van der Waals surface area contributed by atoms with Crippen LogP contribution in [0.1, 0.15) is 44.7 Å². The van der Waals surface area contributed by atoms with E-state index in [1.807, 2.05) is 12.3 Å². The lowest BCUT2D eigenvalue weighted by molar-refractivity contribution is 0.124. The summed E-state index contributed by atoms with van der Waals surface area (Å²) in [5.41, 5.74) is 1.22. The van der Waals surface area contributed by atoms with Crippen molar-refractivity contribution < 1.29 is 9.15 Å². The van der Waals surface area contributed by atoms with Gasteiger partial charge in [-0.2, -0.15) is 0 Å². The van der Waals surface area contributed by atoms with Crippen LogP contribution in [0.5, 0.6) is 0 Å². The summed E-state index contributed by atoms with van der Waals surface area (Å²) in [7, 11) is 0. The van der Waals surface area contributed by atoms with Gasteiger partial charge in [0.1, 0.15) is 0 Å². The maximum absolute atomic E-state index is 5.52. The summed E-state index contributed by atoms with van der Waals surface area (Å²) in [6.07, 6.45) is 6.76. The van der Waals surface area contributed by atoms with Crippen molar-refractivity contribution in [1.82, 2.24) is 5.32 Å². The third-order valence-corrected chi connectivity index (χ3v) is 2.49. The van der Waals surface area contributed by atoms with E-state index in [4.69, 9.17) is 9.15 Å². The topological polar surface area (TPSA) is 34.4 Å². The van der Waals surface area contributed by atoms with Crippen LogP contribution in [-0.4, -0.2) is 19.8 Å². The van der Waals surface area contributed by atoms with Gasteiger partial charge in [0, 0.05) is 24.8 Å². The molecule has 1 aromatic rings. The van der Waals surface area contributed by atoms with Gasteiger partial charge >= 0.3 is 0 Å². The monoisotopic (exact) mass is 225 g/mol. The Balaban J connectivity index is 2.32. The highest BCUT2D eigenvalue weighted by Crippen LogP contribution is 2.17. The zero-order valence-electron chi connectivity index (χ0n) is 10.4. The highest BCUT2D eigenvalue weighted by atomic mass is 16.5. The zero-order valence-corrected chi connectivity index (χ0v) is 10.4. The zero-order chi connectivity index (χ0) is 11.6. The standard InChI is InChI=1S/C13H23NO2/c1-3-7-14-13(6-10-15-8-4-2)12-5-9-16-11-12/h5,9,11,13-14H,3-4,6-8,10H2,1-2H3. The summed E-state index contributed by atoms with van der Waals surface area (Å²) in [5, 5.41) is 3.51. The minimum Gasteiger partial charge on any atom is -0.472 e. The molecule has 3 nitrogen and oxygen atoms in total. The number of nitrogens with one attached hydrogen (secondary N) is 1. The predicted molar refractivity (Wildman–Crippen MR) is 65.5 cm³/mol. The summed E-state index contributed by atoms with van der Waals surface area (Å²) >= 11 is 0. The largest absolute Gasteiger partial charge is 0.472 e. The van der Waals surface area contributed by atoms with Crippen LogP contribution in [0.3, 0.4) is 0 Å². The fraction of sp³-hybridized carbons (Fsp3) is 0.692. The lowest BCUT2D eigenvalue weighted by Crippen LogP contribution is -2.23. The fourth-order valence-electron chi connectivity index (χ4n) is 1.63. The van der Waals surface area contributed by atoms with Gasteiger partial charge in [-0.1, -0.05) is 13.8 Å². The molecule has 0 aliphatic carbocycles. The van der Waals surface area contributed by atoms with Crippen molar-refractivity contribution in [1.29, 1.82) is 0 Å². The van der Waals surface area contributed by atoms with Crippen LogP contribution in [0.25, 0.3) is 0 Å². The van der Waals surface area contributed by atoms with E-state index in [-0.39, 0.29) is 0 Å². The number of hydrogen-bond donors (Lipinski definition) is 1. The van der Waals surface area contributed by atoms with Crippen molar-refractivity contribution in [2.45, 2.75) is 39.2 Å². The number of rotatable bonds is 9. The molecule has 1 rings (SSSR count). The quantitative estimate of drug-likeness (QED) is 0.656. The Labute approximate surface area is 98.2 Å². The Kier molecular flexibility index (Phi) is 6.93. The minimum absolute atomic E-state index is 0.357. The van der Waals surface area contributed by atoms with Crippen molar-refractivity contribution >= 4 is 0 Å². The van der Waals surface area contributed by atoms with E-state index < -0.39 is 0 Å². The molecule has 3 heteroatoms. The molecule has 1 aromatic heterocycles. The third kappa shape index (κ3) is 4.81. The van der Waals surface area contributed by atoms with Crippen molar-refractivity contribution in [2.75, 3.05) is 19.8 Å². The van der Waals surface area contributed by atoms with Gasteiger partial charge in [-0.05, 0) is 31.9 Å². The third-order valence-electron chi connectivity index (χ3n) is 2.49. The van der Waals surface area contributed by atoms with E-state index in [1.165, 1.54) is 5.56 Å². The van der Waals surface area contributed by atoms with E-state index in [0.29, 0.717) is 6.04 Å². The molecule has 0 bridgehead atoms. The average Bonchev–Trinajstić information content (AvgIpc) is 2.82. The lowest BCUT2D eigenvalue weighted by Gasteiger charge is -2.16. The molecule has 1 heterocycles. The Hall–Kier alpha value is -0.800. The van der Waals surface area contributed by atoms with Crippen LogP contribution in [0.2, 0.25) is 0 Å². The number of furan rings is 1. The van der Waals surface area contributed by atoms with E-state index in [0.717, 1.165) is 39.0 Å². The Bertz CT molecular complexity index is 246. The van der Waals surface area contributed by atoms with Gasteiger partial charge in [-0.25, -0.2) is 0 Å². The van der Waals surface area contributed by atoms with Gasteiger partial charge in [0.25, 0.3) is 0 Å². The predicted octanol–water partition coefficient (Wildman–Crippen LogP) is 3.14. The van der Waals surface area contributed by atoms with Gasteiger partial charge in [-0.3, -0.25) is 0 Å². The van der Waals surface area contributed by atoms with Crippen LogP contribution in [0, 0.1) is 0 Å². The van der Waals surface area contributed by atoms with Crippen molar-refractivity contribution in [3.05, 3.63) is 24.2 Å². The van der Waals surface area contributed by atoms with Gasteiger partial charge in [-0.15, -0.1) is 0 Å². The molecule has 0 radical (unpaired) electrons. The first-order valence-corrected chi connectivity index (χ1v) is 6.21. The molecule has 1 atom stereocenters. The SMILES string of the molecule is CCCNC(CCOCCC)c1ccoc1. The fourth-order valence-corrected chi connectivity index (χ4v) is 1.63. The second-order valence-electron chi connectivity index (χ2n) is 3.96. The normalized spacial score (nSPS) is 12.9. The maximum atomic E-state index is 5.52. The minimum atomic E-state index is 0.357. The average molecular weight is 225 g/mol. The second-order valence-corrected chi connectivity index (χ2v) is 3.96. The smallest absolute Gasteiger partial charge is 0.0950 e.